The Hall–Kier alpha value is -1.62. The molecule has 2 aliphatic rings. The van der Waals surface area contributed by atoms with Crippen LogP contribution in [0.2, 0.25) is 0 Å². The molecular formula is C15H20FN3O. The molecule has 108 valence electrons. The average Bonchev–Trinajstić information content (AvgIpc) is 2.89. The first-order valence-electron chi connectivity index (χ1n) is 7.15. The quantitative estimate of drug-likeness (QED) is 0.794. The number of rotatable bonds is 1. The smallest absolute Gasteiger partial charge is 0.257 e. The van der Waals surface area contributed by atoms with Crippen LogP contribution in [0.4, 0.5) is 10.1 Å². The fourth-order valence-corrected chi connectivity index (χ4v) is 3.30. The fraction of sp³-hybridized carbons (Fsp3) is 0.533. The summed E-state index contributed by atoms with van der Waals surface area (Å²) in [5, 5.41) is 0. The van der Waals surface area contributed by atoms with Crippen LogP contribution in [0.15, 0.2) is 12.1 Å². The van der Waals surface area contributed by atoms with Gasteiger partial charge in [0.25, 0.3) is 5.91 Å². The van der Waals surface area contributed by atoms with Crippen molar-refractivity contribution < 1.29 is 9.18 Å². The summed E-state index contributed by atoms with van der Waals surface area (Å²) in [6.07, 6.45) is 2.32. The van der Waals surface area contributed by atoms with E-state index in [1.54, 1.807) is 17.9 Å². The van der Waals surface area contributed by atoms with Gasteiger partial charge in [-0.2, -0.15) is 0 Å². The van der Waals surface area contributed by atoms with Crippen LogP contribution < -0.4 is 5.73 Å². The molecule has 2 aliphatic heterocycles. The highest BCUT2D eigenvalue weighted by Gasteiger charge is 2.33. The maximum absolute atomic E-state index is 14.1. The molecule has 3 rings (SSSR count). The van der Waals surface area contributed by atoms with E-state index in [2.05, 4.69) is 4.90 Å². The number of nitrogen functional groups attached to an aromatic ring is 1. The molecule has 2 N–H and O–H groups in total. The van der Waals surface area contributed by atoms with E-state index in [1.165, 1.54) is 12.5 Å². The number of fused-ring (bicyclic) bond motifs is 1. The molecule has 0 bridgehead atoms. The minimum Gasteiger partial charge on any atom is -0.399 e. The van der Waals surface area contributed by atoms with Crippen LogP contribution in [0, 0.1) is 12.7 Å². The molecule has 0 saturated carbocycles. The van der Waals surface area contributed by atoms with Gasteiger partial charge < -0.3 is 10.6 Å². The van der Waals surface area contributed by atoms with Crippen LogP contribution in [0.3, 0.4) is 0 Å². The summed E-state index contributed by atoms with van der Waals surface area (Å²) in [7, 11) is 0. The maximum Gasteiger partial charge on any atom is 0.257 e. The highest BCUT2D eigenvalue weighted by atomic mass is 19.1. The number of halogens is 1. The lowest BCUT2D eigenvalue weighted by atomic mass is 10.1. The number of carbonyl (C=O) groups excluding carboxylic acids is 1. The standard InChI is InChI=1S/C15H20FN3O/c1-10-7-11(17)8-13(14(10)16)15(20)19-6-5-18-4-2-3-12(18)9-19/h7-8,12H,2-6,9,17H2,1H3. The lowest BCUT2D eigenvalue weighted by Gasteiger charge is -2.37. The lowest BCUT2D eigenvalue weighted by molar-refractivity contribution is 0.0567. The molecule has 2 fully saturated rings. The predicted octanol–water partition coefficient (Wildman–Crippen LogP) is 1.64. The summed E-state index contributed by atoms with van der Waals surface area (Å²) in [5.74, 6) is -0.678. The van der Waals surface area contributed by atoms with E-state index >= 15 is 0 Å². The van der Waals surface area contributed by atoms with E-state index in [9.17, 15) is 9.18 Å². The SMILES string of the molecule is Cc1cc(N)cc(C(=O)N2CCN3CCCC3C2)c1F. The van der Waals surface area contributed by atoms with E-state index in [4.69, 9.17) is 5.73 Å². The van der Waals surface area contributed by atoms with Crippen molar-refractivity contribution in [3.05, 3.63) is 29.1 Å². The fourth-order valence-electron chi connectivity index (χ4n) is 3.30. The molecular weight excluding hydrogens is 257 g/mol. The molecule has 0 radical (unpaired) electrons. The van der Waals surface area contributed by atoms with Crippen molar-refractivity contribution in [1.29, 1.82) is 0 Å². The minimum absolute atomic E-state index is 0.106. The molecule has 0 aliphatic carbocycles. The zero-order valence-electron chi connectivity index (χ0n) is 11.7. The summed E-state index contributed by atoms with van der Waals surface area (Å²) in [6.45, 7) is 5.02. The summed E-state index contributed by atoms with van der Waals surface area (Å²) < 4.78 is 14.1. The van der Waals surface area contributed by atoms with Crippen LogP contribution >= 0.6 is 0 Å². The minimum atomic E-state index is -0.446. The van der Waals surface area contributed by atoms with E-state index in [0.29, 0.717) is 30.4 Å². The molecule has 2 saturated heterocycles. The van der Waals surface area contributed by atoms with Gasteiger partial charge in [0.05, 0.1) is 5.56 Å². The van der Waals surface area contributed by atoms with E-state index in [-0.39, 0.29) is 11.5 Å². The van der Waals surface area contributed by atoms with E-state index in [1.807, 2.05) is 0 Å². The predicted molar refractivity (Wildman–Crippen MR) is 76.0 cm³/mol. The molecule has 1 amide bonds. The molecule has 1 atom stereocenters. The van der Waals surface area contributed by atoms with Gasteiger partial charge in [0.2, 0.25) is 0 Å². The van der Waals surface area contributed by atoms with Gasteiger partial charge in [-0.3, -0.25) is 9.69 Å². The Kier molecular flexibility index (Phi) is 3.38. The van der Waals surface area contributed by atoms with Crippen molar-refractivity contribution >= 4 is 11.6 Å². The van der Waals surface area contributed by atoms with Gasteiger partial charge >= 0.3 is 0 Å². The number of piperazine rings is 1. The third-order valence-electron chi connectivity index (χ3n) is 4.38. The molecule has 20 heavy (non-hydrogen) atoms. The number of hydrogen-bond donors (Lipinski definition) is 1. The summed E-state index contributed by atoms with van der Waals surface area (Å²) in [6, 6.07) is 3.45. The monoisotopic (exact) mass is 277 g/mol. The van der Waals surface area contributed by atoms with Crippen molar-refractivity contribution in [2.75, 3.05) is 31.9 Å². The molecule has 0 spiro atoms. The highest BCUT2D eigenvalue weighted by molar-refractivity contribution is 5.95. The summed E-state index contributed by atoms with van der Waals surface area (Å²) >= 11 is 0. The van der Waals surface area contributed by atoms with Gasteiger partial charge in [-0.1, -0.05) is 0 Å². The summed E-state index contributed by atoms with van der Waals surface area (Å²) in [4.78, 5) is 16.7. The Morgan fingerprint density at radius 1 is 1.35 bits per heavy atom. The zero-order valence-corrected chi connectivity index (χ0v) is 11.7. The second kappa shape index (κ2) is 5.05. The molecule has 4 nitrogen and oxygen atoms in total. The van der Waals surface area contributed by atoms with Crippen LogP contribution in [0.25, 0.3) is 0 Å². The summed E-state index contributed by atoms with van der Waals surface area (Å²) in [5.41, 5.74) is 6.70. The third-order valence-corrected chi connectivity index (χ3v) is 4.38. The first-order valence-corrected chi connectivity index (χ1v) is 7.15. The van der Waals surface area contributed by atoms with Crippen LogP contribution in [0.1, 0.15) is 28.8 Å². The van der Waals surface area contributed by atoms with Crippen molar-refractivity contribution in [3.8, 4) is 0 Å². The Morgan fingerprint density at radius 2 is 2.15 bits per heavy atom. The van der Waals surface area contributed by atoms with Crippen LogP contribution in [-0.2, 0) is 0 Å². The average molecular weight is 277 g/mol. The number of amides is 1. The van der Waals surface area contributed by atoms with Crippen molar-refractivity contribution in [2.24, 2.45) is 0 Å². The van der Waals surface area contributed by atoms with Gasteiger partial charge in [-0.15, -0.1) is 0 Å². The second-order valence-corrected chi connectivity index (χ2v) is 5.78. The lowest BCUT2D eigenvalue weighted by Crippen LogP contribution is -2.52. The number of anilines is 1. The molecule has 1 aromatic carbocycles. The van der Waals surface area contributed by atoms with Gasteiger partial charge in [0.15, 0.2) is 0 Å². The normalized spacial score (nSPS) is 22.9. The molecule has 1 unspecified atom stereocenters. The number of benzene rings is 1. The zero-order chi connectivity index (χ0) is 14.3. The molecule has 5 heteroatoms. The maximum atomic E-state index is 14.1. The molecule has 0 aromatic heterocycles. The van der Waals surface area contributed by atoms with Crippen LogP contribution in [0.5, 0.6) is 0 Å². The van der Waals surface area contributed by atoms with E-state index < -0.39 is 5.82 Å². The highest BCUT2D eigenvalue weighted by Crippen LogP contribution is 2.24. The van der Waals surface area contributed by atoms with Gasteiger partial charge in [0, 0.05) is 31.4 Å². The number of nitrogens with zero attached hydrogens (tertiary/aromatic N) is 2. The Balaban J connectivity index is 1.82. The number of nitrogens with two attached hydrogens (primary N) is 1. The first-order chi connectivity index (χ1) is 9.56. The van der Waals surface area contributed by atoms with Gasteiger partial charge in [-0.05, 0) is 44.0 Å². The number of hydrogen-bond acceptors (Lipinski definition) is 3. The van der Waals surface area contributed by atoms with Crippen LogP contribution in [-0.4, -0.2) is 47.9 Å². The van der Waals surface area contributed by atoms with Crippen molar-refractivity contribution in [3.63, 3.8) is 0 Å². The van der Waals surface area contributed by atoms with Gasteiger partial charge in [0.1, 0.15) is 5.82 Å². The Labute approximate surface area is 118 Å². The number of carbonyl (C=O) groups is 1. The Morgan fingerprint density at radius 3 is 2.95 bits per heavy atom. The first kappa shape index (κ1) is 13.4. The van der Waals surface area contributed by atoms with E-state index in [0.717, 1.165) is 19.5 Å². The van der Waals surface area contributed by atoms with Crippen molar-refractivity contribution in [2.45, 2.75) is 25.8 Å². The number of aryl methyl sites for hydroxylation is 1. The molecule has 1 aromatic rings. The second-order valence-electron chi connectivity index (χ2n) is 5.78. The third kappa shape index (κ3) is 2.26. The van der Waals surface area contributed by atoms with Gasteiger partial charge in [-0.25, -0.2) is 4.39 Å². The molecule has 2 heterocycles. The Bertz CT molecular complexity index is 546. The topological polar surface area (TPSA) is 49.6 Å². The van der Waals surface area contributed by atoms with Crippen molar-refractivity contribution in [1.82, 2.24) is 9.80 Å². The largest absolute Gasteiger partial charge is 0.399 e.